The quantitative estimate of drug-likeness (QED) is 0.929. The maximum absolute atomic E-state index is 12.3. The van der Waals surface area contributed by atoms with Crippen molar-refractivity contribution in [3.8, 4) is 0 Å². The summed E-state index contributed by atoms with van der Waals surface area (Å²) in [7, 11) is 0. The minimum Gasteiger partial charge on any atom is -0.342 e. The molecule has 1 atom stereocenters. The molecule has 1 N–H and O–H groups in total. The maximum atomic E-state index is 12.3. The van der Waals surface area contributed by atoms with Gasteiger partial charge in [-0.2, -0.15) is 5.10 Å². The number of benzene rings is 1. The first kappa shape index (κ1) is 12.9. The topological polar surface area (TPSA) is 49.0 Å². The molecule has 4 heteroatoms. The van der Waals surface area contributed by atoms with Crippen LogP contribution < -0.4 is 0 Å². The van der Waals surface area contributed by atoms with Gasteiger partial charge in [-0.1, -0.05) is 30.3 Å². The molecule has 1 saturated heterocycles. The van der Waals surface area contributed by atoms with Gasteiger partial charge in [-0.05, 0) is 24.5 Å². The van der Waals surface area contributed by atoms with Crippen LogP contribution in [-0.4, -0.2) is 34.1 Å². The number of nitrogens with one attached hydrogen (secondary N) is 1. The molecule has 4 nitrogen and oxygen atoms in total. The number of amides is 1. The van der Waals surface area contributed by atoms with Crippen molar-refractivity contribution < 1.29 is 4.79 Å². The Morgan fingerprint density at radius 1 is 1.40 bits per heavy atom. The lowest BCUT2D eigenvalue weighted by molar-refractivity contribution is -0.129. The molecule has 0 bridgehead atoms. The summed E-state index contributed by atoms with van der Waals surface area (Å²) in [5.74, 6) is 0.619. The molecule has 0 spiro atoms. The molecule has 0 aliphatic carbocycles. The summed E-state index contributed by atoms with van der Waals surface area (Å²) in [4.78, 5) is 14.3. The molecule has 20 heavy (non-hydrogen) atoms. The SMILES string of the molecule is Cc1cn[nH]c1C1CCN(C(=O)Cc2ccccc2)C1. The number of aromatic amines is 1. The Kier molecular flexibility index (Phi) is 3.54. The molecule has 0 saturated carbocycles. The molecular formula is C16H19N3O. The van der Waals surface area contributed by atoms with E-state index in [1.165, 1.54) is 11.3 Å². The normalized spacial score (nSPS) is 18.4. The number of carbonyl (C=O) groups excluding carboxylic acids is 1. The van der Waals surface area contributed by atoms with Gasteiger partial charge >= 0.3 is 0 Å². The molecule has 1 fully saturated rings. The number of hydrogen-bond donors (Lipinski definition) is 1. The molecule has 104 valence electrons. The van der Waals surface area contributed by atoms with Crippen molar-refractivity contribution in [1.29, 1.82) is 0 Å². The van der Waals surface area contributed by atoms with E-state index in [4.69, 9.17) is 0 Å². The van der Waals surface area contributed by atoms with Gasteiger partial charge < -0.3 is 4.90 Å². The Balaban J connectivity index is 1.63. The molecule has 1 aliphatic rings. The van der Waals surface area contributed by atoms with Crippen molar-refractivity contribution in [2.45, 2.75) is 25.7 Å². The second-order valence-corrected chi connectivity index (χ2v) is 5.45. The van der Waals surface area contributed by atoms with Crippen molar-refractivity contribution in [2.24, 2.45) is 0 Å². The third-order valence-electron chi connectivity index (χ3n) is 4.02. The van der Waals surface area contributed by atoms with Crippen LogP contribution in [0.2, 0.25) is 0 Å². The van der Waals surface area contributed by atoms with Crippen LogP contribution in [0.25, 0.3) is 0 Å². The highest BCUT2D eigenvalue weighted by molar-refractivity contribution is 5.79. The zero-order valence-electron chi connectivity index (χ0n) is 11.7. The average Bonchev–Trinajstić information content (AvgIpc) is 3.08. The first-order chi connectivity index (χ1) is 9.74. The second kappa shape index (κ2) is 5.49. The Morgan fingerprint density at radius 3 is 2.90 bits per heavy atom. The fraction of sp³-hybridized carbons (Fsp3) is 0.375. The van der Waals surface area contributed by atoms with Crippen LogP contribution in [0.4, 0.5) is 0 Å². The lowest BCUT2D eigenvalue weighted by Gasteiger charge is -2.16. The van der Waals surface area contributed by atoms with E-state index >= 15 is 0 Å². The maximum Gasteiger partial charge on any atom is 0.227 e. The monoisotopic (exact) mass is 269 g/mol. The molecule has 1 aliphatic heterocycles. The summed E-state index contributed by atoms with van der Waals surface area (Å²) < 4.78 is 0. The first-order valence-electron chi connectivity index (χ1n) is 7.05. The van der Waals surface area contributed by atoms with Gasteiger partial charge in [-0.25, -0.2) is 0 Å². The highest BCUT2D eigenvalue weighted by Crippen LogP contribution is 2.28. The van der Waals surface area contributed by atoms with Crippen molar-refractivity contribution in [3.05, 3.63) is 53.3 Å². The van der Waals surface area contributed by atoms with E-state index in [0.717, 1.165) is 25.1 Å². The molecule has 3 rings (SSSR count). The summed E-state index contributed by atoms with van der Waals surface area (Å²) >= 11 is 0. The molecular weight excluding hydrogens is 250 g/mol. The minimum absolute atomic E-state index is 0.218. The Labute approximate surface area is 118 Å². The van der Waals surface area contributed by atoms with Crippen molar-refractivity contribution in [3.63, 3.8) is 0 Å². The van der Waals surface area contributed by atoms with Crippen LogP contribution in [0, 0.1) is 6.92 Å². The summed E-state index contributed by atoms with van der Waals surface area (Å²) in [6.45, 7) is 3.71. The Morgan fingerprint density at radius 2 is 2.20 bits per heavy atom. The highest BCUT2D eigenvalue weighted by atomic mass is 16.2. The van der Waals surface area contributed by atoms with Crippen LogP contribution in [0.3, 0.4) is 0 Å². The molecule has 0 radical (unpaired) electrons. The fourth-order valence-corrected chi connectivity index (χ4v) is 2.87. The standard InChI is InChI=1S/C16H19N3O/c1-12-10-17-18-16(12)14-7-8-19(11-14)15(20)9-13-5-3-2-4-6-13/h2-6,10,14H,7-9,11H2,1H3,(H,17,18). The molecule has 2 aromatic rings. The zero-order valence-corrected chi connectivity index (χ0v) is 11.7. The van der Waals surface area contributed by atoms with Crippen LogP contribution in [0.15, 0.2) is 36.5 Å². The Hall–Kier alpha value is -2.10. The van der Waals surface area contributed by atoms with Crippen molar-refractivity contribution >= 4 is 5.91 Å². The van der Waals surface area contributed by atoms with E-state index in [2.05, 4.69) is 17.1 Å². The van der Waals surface area contributed by atoms with E-state index in [1.807, 2.05) is 41.4 Å². The van der Waals surface area contributed by atoms with Gasteiger partial charge in [0.2, 0.25) is 5.91 Å². The first-order valence-corrected chi connectivity index (χ1v) is 7.05. The fourth-order valence-electron chi connectivity index (χ4n) is 2.87. The zero-order chi connectivity index (χ0) is 13.9. The summed E-state index contributed by atoms with van der Waals surface area (Å²) in [6.07, 6.45) is 3.36. The lowest BCUT2D eigenvalue weighted by Crippen LogP contribution is -2.29. The number of likely N-dealkylation sites (tertiary alicyclic amines) is 1. The predicted octanol–water partition coefficient (Wildman–Crippen LogP) is 2.28. The van der Waals surface area contributed by atoms with E-state index in [9.17, 15) is 4.79 Å². The number of H-pyrrole nitrogens is 1. The van der Waals surface area contributed by atoms with Gasteiger partial charge in [0, 0.05) is 24.7 Å². The number of rotatable bonds is 3. The van der Waals surface area contributed by atoms with Gasteiger partial charge in [0.25, 0.3) is 0 Å². The summed E-state index contributed by atoms with van der Waals surface area (Å²) in [5, 5.41) is 7.14. The Bertz CT molecular complexity index is 591. The summed E-state index contributed by atoms with van der Waals surface area (Å²) in [5.41, 5.74) is 3.45. The van der Waals surface area contributed by atoms with Crippen molar-refractivity contribution in [2.75, 3.05) is 13.1 Å². The van der Waals surface area contributed by atoms with Crippen LogP contribution in [0.5, 0.6) is 0 Å². The average molecular weight is 269 g/mol. The largest absolute Gasteiger partial charge is 0.342 e. The second-order valence-electron chi connectivity index (χ2n) is 5.45. The third kappa shape index (κ3) is 2.59. The van der Waals surface area contributed by atoms with Crippen molar-refractivity contribution in [1.82, 2.24) is 15.1 Å². The van der Waals surface area contributed by atoms with Gasteiger partial charge in [0.1, 0.15) is 0 Å². The van der Waals surface area contributed by atoms with Crippen LogP contribution in [0.1, 0.15) is 29.2 Å². The van der Waals surface area contributed by atoms with E-state index < -0.39 is 0 Å². The predicted molar refractivity (Wildman–Crippen MR) is 77.4 cm³/mol. The van der Waals surface area contributed by atoms with Gasteiger partial charge in [0.15, 0.2) is 0 Å². The molecule has 1 amide bonds. The smallest absolute Gasteiger partial charge is 0.227 e. The molecule has 1 aromatic carbocycles. The highest BCUT2D eigenvalue weighted by Gasteiger charge is 2.28. The summed E-state index contributed by atoms with van der Waals surface area (Å²) in [6, 6.07) is 9.93. The number of nitrogens with zero attached hydrogens (tertiary/aromatic N) is 2. The van der Waals surface area contributed by atoms with E-state index in [1.54, 1.807) is 0 Å². The van der Waals surface area contributed by atoms with Gasteiger partial charge in [-0.15, -0.1) is 0 Å². The number of aryl methyl sites for hydroxylation is 1. The van der Waals surface area contributed by atoms with E-state index in [-0.39, 0.29) is 5.91 Å². The lowest BCUT2D eigenvalue weighted by atomic mass is 10.0. The number of hydrogen-bond acceptors (Lipinski definition) is 2. The number of aromatic nitrogens is 2. The number of carbonyl (C=O) groups is 1. The minimum atomic E-state index is 0.218. The molecule has 1 aromatic heterocycles. The third-order valence-corrected chi connectivity index (χ3v) is 4.02. The molecule has 1 unspecified atom stereocenters. The molecule has 2 heterocycles. The van der Waals surface area contributed by atoms with Crippen LogP contribution >= 0.6 is 0 Å². The van der Waals surface area contributed by atoms with E-state index in [0.29, 0.717) is 12.3 Å². The van der Waals surface area contributed by atoms with Gasteiger partial charge in [0.05, 0.1) is 12.6 Å². The van der Waals surface area contributed by atoms with Crippen LogP contribution in [-0.2, 0) is 11.2 Å². The van der Waals surface area contributed by atoms with Gasteiger partial charge in [-0.3, -0.25) is 9.89 Å².